The average Bonchev–Trinajstić information content (AvgIpc) is 3.38. The predicted molar refractivity (Wildman–Crippen MR) is 114 cm³/mol. The van der Waals surface area contributed by atoms with Crippen LogP contribution in [0.4, 0.5) is 0 Å². The largest absolute Gasteiger partial charge is 0.361 e. The molecule has 4 rings (SSSR count). The first-order valence-electron chi connectivity index (χ1n) is 10.2. The molecular formula is C20H25N7O3S. The molecule has 11 heteroatoms. The SMILES string of the molecule is CCCOCn1ccc2c(-c3cnn(C4(CC#N)CN(S(=O)(=O)CC)C4)c3)ncnc21. The van der Waals surface area contributed by atoms with Crippen LogP contribution in [0, 0.1) is 11.3 Å². The van der Waals surface area contributed by atoms with Crippen LogP contribution in [0.1, 0.15) is 26.7 Å². The predicted octanol–water partition coefficient (Wildman–Crippen LogP) is 1.95. The Kier molecular flexibility index (Phi) is 5.79. The van der Waals surface area contributed by atoms with Crippen molar-refractivity contribution in [3.05, 3.63) is 31.0 Å². The quantitative estimate of drug-likeness (QED) is 0.464. The van der Waals surface area contributed by atoms with Gasteiger partial charge in [0.15, 0.2) is 0 Å². The van der Waals surface area contributed by atoms with Crippen molar-refractivity contribution in [2.75, 3.05) is 25.4 Å². The maximum absolute atomic E-state index is 12.2. The van der Waals surface area contributed by atoms with Gasteiger partial charge in [-0.3, -0.25) is 4.68 Å². The van der Waals surface area contributed by atoms with Gasteiger partial charge in [-0.1, -0.05) is 6.92 Å². The van der Waals surface area contributed by atoms with Gasteiger partial charge in [-0.25, -0.2) is 18.4 Å². The molecule has 0 spiro atoms. The first-order valence-corrected chi connectivity index (χ1v) is 11.8. The maximum atomic E-state index is 12.2. The van der Waals surface area contributed by atoms with Gasteiger partial charge in [0.1, 0.15) is 24.2 Å². The normalized spacial score (nSPS) is 16.3. The number of sulfonamides is 1. The Bertz CT molecular complexity index is 1220. The molecule has 31 heavy (non-hydrogen) atoms. The lowest BCUT2D eigenvalue weighted by molar-refractivity contribution is 0.0719. The van der Waals surface area contributed by atoms with Gasteiger partial charge in [-0.2, -0.15) is 14.7 Å². The van der Waals surface area contributed by atoms with Crippen LogP contribution >= 0.6 is 0 Å². The van der Waals surface area contributed by atoms with Crippen LogP contribution in [-0.2, 0) is 27.0 Å². The highest BCUT2D eigenvalue weighted by atomic mass is 32.2. The van der Waals surface area contributed by atoms with Crippen molar-refractivity contribution >= 4 is 21.1 Å². The van der Waals surface area contributed by atoms with Gasteiger partial charge < -0.3 is 9.30 Å². The summed E-state index contributed by atoms with van der Waals surface area (Å²) in [5.41, 5.74) is 1.62. The Labute approximate surface area is 181 Å². The lowest BCUT2D eigenvalue weighted by atomic mass is 9.89. The number of rotatable bonds is 9. The second-order valence-electron chi connectivity index (χ2n) is 7.68. The van der Waals surface area contributed by atoms with E-state index in [0.29, 0.717) is 13.3 Å². The molecule has 4 heterocycles. The van der Waals surface area contributed by atoms with Crippen molar-refractivity contribution < 1.29 is 13.2 Å². The highest BCUT2D eigenvalue weighted by Gasteiger charge is 2.49. The molecule has 3 aromatic rings. The fourth-order valence-corrected chi connectivity index (χ4v) is 5.06. The van der Waals surface area contributed by atoms with Crippen molar-refractivity contribution in [3.8, 4) is 17.3 Å². The van der Waals surface area contributed by atoms with Crippen LogP contribution in [0.5, 0.6) is 0 Å². The van der Waals surface area contributed by atoms with E-state index in [9.17, 15) is 13.7 Å². The monoisotopic (exact) mass is 443 g/mol. The standard InChI is InChI=1S/C20H25N7O3S/c1-3-9-30-15-25-8-5-17-18(22-14-23-19(17)25)16-10-24-27(11-16)20(6-7-21)12-26(13-20)31(28,29)4-2/h5,8,10-11,14H,3-4,6,9,12-13,15H2,1-2H3. The fraction of sp³-hybridized carbons (Fsp3) is 0.500. The molecule has 0 atom stereocenters. The second-order valence-corrected chi connectivity index (χ2v) is 9.94. The van der Waals surface area contributed by atoms with E-state index in [2.05, 4.69) is 28.1 Å². The van der Waals surface area contributed by atoms with Gasteiger partial charge >= 0.3 is 0 Å². The van der Waals surface area contributed by atoms with E-state index in [0.717, 1.165) is 28.7 Å². The van der Waals surface area contributed by atoms with E-state index in [4.69, 9.17) is 4.74 Å². The first kappa shape index (κ1) is 21.4. The molecular weight excluding hydrogens is 418 g/mol. The molecule has 0 radical (unpaired) electrons. The smallest absolute Gasteiger partial charge is 0.213 e. The Morgan fingerprint density at radius 1 is 1.29 bits per heavy atom. The third-order valence-corrected chi connectivity index (χ3v) is 7.36. The lowest BCUT2D eigenvalue weighted by Gasteiger charge is -2.47. The summed E-state index contributed by atoms with van der Waals surface area (Å²) >= 11 is 0. The minimum atomic E-state index is -3.29. The maximum Gasteiger partial charge on any atom is 0.213 e. The Balaban J connectivity index is 1.63. The van der Waals surface area contributed by atoms with E-state index in [1.807, 2.05) is 23.0 Å². The minimum absolute atomic E-state index is 0.0396. The summed E-state index contributed by atoms with van der Waals surface area (Å²) in [5, 5.41) is 14.7. The van der Waals surface area contributed by atoms with Crippen LogP contribution < -0.4 is 0 Å². The van der Waals surface area contributed by atoms with E-state index in [-0.39, 0.29) is 25.3 Å². The lowest BCUT2D eigenvalue weighted by Crippen LogP contribution is -2.64. The number of nitrogens with zero attached hydrogens (tertiary/aromatic N) is 7. The first-order chi connectivity index (χ1) is 14.9. The molecule has 164 valence electrons. The molecule has 0 N–H and O–H groups in total. The van der Waals surface area contributed by atoms with E-state index >= 15 is 0 Å². The zero-order valence-corrected chi connectivity index (χ0v) is 18.4. The van der Waals surface area contributed by atoms with Crippen LogP contribution in [0.15, 0.2) is 31.0 Å². The highest BCUT2D eigenvalue weighted by molar-refractivity contribution is 7.89. The summed E-state index contributed by atoms with van der Waals surface area (Å²) < 4.78 is 35.0. The number of ether oxygens (including phenoxy) is 1. The van der Waals surface area contributed by atoms with Crippen molar-refractivity contribution in [1.82, 2.24) is 28.6 Å². The van der Waals surface area contributed by atoms with Gasteiger partial charge in [0.05, 0.1) is 30.1 Å². The number of fused-ring (bicyclic) bond motifs is 1. The molecule has 0 aromatic carbocycles. The molecule has 3 aromatic heterocycles. The van der Waals surface area contributed by atoms with Crippen molar-refractivity contribution in [2.24, 2.45) is 0 Å². The third-order valence-electron chi connectivity index (χ3n) is 5.58. The zero-order chi connectivity index (χ0) is 22.1. The van der Waals surface area contributed by atoms with Crippen LogP contribution in [-0.4, -0.2) is 62.5 Å². The summed E-state index contributed by atoms with van der Waals surface area (Å²) in [6.45, 7) is 5.25. The number of hydrogen-bond acceptors (Lipinski definition) is 7. The van der Waals surface area contributed by atoms with Crippen molar-refractivity contribution in [3.63, 3.8) is 0 Å². The summed E-state index contributed by atoms with van der Waals surface area (Å²) in [6, 6.07) is 4.13. The Morgan fingerprint density at radius 2 is 2.10 bits per heavy atom. The molecule has 0 bridgehead atoms. The Morgan fingerprint density at radius 3 is 2.81 bits per heavy atom. The molecule has 10 nitrogen and oxygen atoms in total. The summed E-state index contributed by atoms with van der Waals surface area (Å²) in [4.78, 5) is 8.84. The van der Waals surface area contributed by atoms with E-state index in [1.165, 1.54) is 10.6 Å². The highest BCUT2D eigenvalue weighted by Crippen LogP contribution is 2.36. The third kappa shape index (κ3) is 3.82. The van der Waals surface area contributed by atoms with Gasteiger partial charge in [0.2, 0.25) is 10.0 Å². The topological polar surface area (TPSA) is 119 Å². The molecule has 1 saturated heterocycles. The molecule has 1 aliphatic rings. The Hall–Kier alpha value is -2.81. The average molecular weight is 444 g/mol. The number of aromatic nitrogens is 5. The van der Waals surface area contributed by atoms with Crippen molar-refractivity contribution in [2.45, 2.75) is 39.0 Å². The molecule has 1 fully saturated rings. The van der Waals surface area contributed by atoms with Crippen LogP contribution in [0.3, 0.4) is 0 Å². The number of nitriles is 1. The molecule has 0 unspecified atom stereocenters. The molecule has 0 amide bonds. The second kappa shape index (κ2) is 8.37. The van der Waals surface area contributed by atoms with Gasteiger partial charge in [-0.05, 0) is 19.4 Å². The summed E-state index contributed by atoms with van der Waals surface area (Å²) in [5.74, 6) is 0.0396. The van der Waals surface area contributed by atoms with Gasteiger partial charge in [0, 0.05) is 43.0 Å². The van der Waals surface area contributed by atoms with E-state index < -0.39 is 15.6 Å². The van der Waals surface area contributed by atoms with Gasteiger partial charge in [-0.15, -0.1) is 0 Å². The summed E-state index contributed by atoms with van der Waals surface area (Å²) in [7, 11) is -3.29. The molecule has 0 saturated carbocycles. The minimum Gasteiger partial charge on any atom is -0.361 e. The zero-order valence-electron chi connectivity index (χ0n) is 17.6. The molecule has 0 aliphatic carbocycles. The van der Waals surface area contributed by atoms with E-state index in [1.54, 1.807) is 17.8 Å². The number of hydrogen-bond donors (Lipinski definition) is 0. The van der Waals surface area contributed by atoms with Gasteiger partial charge in [0.25, 0.3) is 0 Å². The fourth-order valence-electron chi connectivity index (χ4n) is 3.82. The van der Waals surface area contributed by atoms with Crippen LogP contribution in [0.2, 0.25) is 0 Å². The summed E-state index contributed by atoms with van der Waals surface area (Å²) in [6.07, 6.45) is 8.08. The van der Waals surface area contributed by atoms with Crippen LogP contribution in [0.25, 0.3) is 22.3 Å². The molecule has 1 aliphatic heterocycles. The van der Waals surface area contributed by atoms with Crippen molar-refractivity contribution in [1.29, 1.82) is 5.26 Å².